The zero-order chi connectivity index (χ0) is 16.2. The van der Waals surface area contributed by atoms with Crippen LogP contribution in [0.2, 0.25) is 0 Å². The van der Waals surface area contributed by atoms with Gasteiger partial charge in [0.15, 0.2) is 0 Å². The number of carbonyl (C=O) groups is 1. The predicted octanol–water partition coefficient (Wildman–Crippen LogP) is 3.34. The molecule has 24 heavy (non-hydrogen) atoms. The lowest BCUT2D eigenvalue weighted by atomic mass is 9.85. The molecule has 5 heteroatoms. The van der Waals surface area contributed by atoms with Crippen molar-refractivity contribution in [1.82, 2.24) is 5.32 Å². The number of carbonyl (C=O) groups excluding carboxylic acids is 1. The fourth-order valence-corrected chi connectivity index (χ4v) is 3.23. The molecule has 2 aliphatic rings. The zero-order valence-electron chi connectivity index (χ0n) is 14.4. The van der Waals surface area contributed by atoms with Gasteiger partial charge in [-0.3, -0.25) is 4.79 Å². The first-order chi connectivity index (χ1) is 11.1. The standard InChI is InChI=1S/C19H28N2O2.ClH/c1-13-5-8-16(18(9-13)23-12-14-6-7-14)11-21-19(22)15-3-2-4-17(20)10-15;/h5,8-9,14-15,17H,2-4,6-7,10-12,20H2,1H3,(H,21,22);1H. The van der Waals surface area contributed by atoms with Gasteiger partial charge in [-0.15, -0.1) is 12.4 Å². The van der Waals surface area contributed by atoms with E-state index in [0.717, 1.165) is 49.5 Å². The number of nitrogens with two attached hydrogens (primary N) is 1. The summed E-state index contributed by atoms with van der Waals surface area (Å²) in [4.78, 5) is 12.4. The number of amides is 1. The number of aryl methyl sites for hydroxylation is 1. The zero-order valence-corrected chi connectivity index (χ0v) is 15.2. The summed E-state index contributed by atoms with van der Waals surface area (Å²) >= 11 is 0. The van der Waals surface area contributed by atoms with Crippen LogP contribution >= 0.6 is 12.4 Å². The van der Waals surface area contributed by atoms with Crippen LogP contribution in [0.3, 0.4) is 0 Å². The van der Waals surface area contributed by atoms with Gasteiger partial charge < -0.3 is 15.8 Å². The highest BCUT2D eigenvalue weighted by Gasteiger charge is 2.25. The number of hydrogen-bond acceptors (Lipinski definition) is 3. The SMILES string of the molecule is Cc1ccc(CNC(=O)C2CCCC(N)C2)c(OCC2CC2)c1.Cl. The van der Waals surface area contributed by atoms with Gasteiger partial charge in [0.25, 0.3) is 0 Å². The van der Waals surface area contributed by atoms with E-state index < -0.39 is 0 Å². The fourth-order valence-electron chi connectivity index (χ4n) is 3.23. The molecule has 1 aromatic carbocycles. The summed E-state index contributed by atoms with van der Waals surface area (Å²) in [7, 11) is 0. The quantitative estimate of drug-likeness (QED) is 0.825. The molecule has 134 valence electrons. The van der Waals surface area contributed by atoms with Gasteiger partial charge in [0.1, 0.15) is 5.75 Å². The number of ether oxygens (including phenoxy) is 1. The van der Waals surface area contributed by atoms with Gasteiger partial charge in [0.2, 0.25) is 5.91 Å². The van der Waals surface area contributed by atoms with Gasteiger partial charge in [-0.05, 0) is 56.6 Å². The van der Waals surface area contributed by atoms with Crippen molar-refractivity contribution in [2.75, 3.05) is 6.61 Å². The molecule has 3 N–H and O–H groups in total. The second kappa shape index (κ2) is 8.72. The molecule has 2 aliphatic carbocycles. The lowest BCUT2D eigenvalue weighted by Crippen LogP contribution is -2.37. The van der Waals surface area contributed by atoms with E-state index in [4.69, 9.17) is 10.5 Å². The summed E-state index contributed by atoms with van der Waals surface area (Å²) in [6.45, 7) is 3.39. The predicted molar refractivity (Wildman–Crippen MR) is 98.4 cm³/mol. The van der Waals surface area contributed by atoms with Gasteiger partial charge in [0.05, 0.1) is 6.61 Å². The first kappa shape index (κ1) is 19.1. The van der Waals surface area contributed by atoms with Crippen molar-refractivity contribution in [3.63, 3.8) is 0 Å². The Hall–Kier alpha value is -1.26. The van der Waals surface area contributed by atoms with Crippen LogP contribution in [0.5, 0.6) is 5.75 Å². The van der Waals surface area contributed by atoms with Crippen molar-refractivity contribution in [2.24, 2.45) is 17.6 Å². The smallest absolute Gasteiger partial charge is 0.223 e. The summed E-state index contributed by atoms with van der Waals surface area (Å²) in [5.41, 5.74) is 8.23. The van der Waals surface area contributed by atoms with Gasteiger partial charge in [-0.2, -0.15) is 0 Å². The second-order valence-corrected chi connectivity index (χ2v) is 7.21. The van der Waals surface area contributed by atoms with E-state index in [1.165, 1.54) is 18.4 Å². The molecule has 1 aromatic rings. The summed E-state index contributed by atoms with van der Waals surface area (Å²) < 4.78 is 5.97. The molecule has 0 aliphatic heterocycles. The van der Waals surface area contributed by atoms with E-state index in [-0.39, 0.29) is 30.3 Å². The first-order valence-corrected chi connectivity index (χ1v) is 8.87. The van der Waals surface area contributed by atoms with Crippen LogP contribution in [0.15, 0.2) is 18.2 Å². The molecular formula is C19H29ClN2O2. The van der Waals surface area contributed by atoms with Crippen molar-refractivity contribution in [1.29, 1.82) is 0 Å². The molecule has 0 saturated heterocycles. The molecule has 2 saturated carbocycles. The molecule has 0 heterocycles. The number of hydrogen-bond donors (Lipinski definition) is 2. The average molecular weight is 353 g/mol. The first-order valence-electron chi connectivity index (χ1n) is 8.87. The molecule has 4 nitrogen and oxygen atoms in total. The Balaban J connectivity index is 0.00000208. The third-order valence-corrected chi connectivity index (χ3v) is 4.93. The number of nitrogens with one attached hydrogen (secondary N) is 1. The molecule has 2 fully saturated rings. The van der Waals surface area contributed by atoms with Gasteiger partial charge in [0, 0.05) is 24.1 Å². The molecule has 0 bridgehead atoms. The largest absolute Gasteiger partial charge is 0.493 e. The molecule has 2 unspecified atom stereocenters. The molecular weight excluding hydrogens is 324 g/mol. The van der Waals surface area contributed by atoms with E-state index in [1.807, 2.05) is 0 Å². The molecule has 0 radical (unpaired) electrons. The highest BCUT2D eigenvalue weighted by atomic mass is 35.5. The normalized spacial score (nSPS) is 23.2. The van der Waals surface area contributed by atoms with Crippen molar-refractivity contribution in [3.8, 4) is 5.75 Å². The van der Waals surface area contributed by atoms with Gasteiger partial charge >= 0.3 is 0 Å². The summed E-state index contributed by atoms with van der Waals surface area (Å²) in [6.07, 6.45) is 6.42. The number of rotatable bonds is 6. The van der Waals surface area contributed by atoms with Crippen LogP contribution in [-0.4, -0.2) is 18.6 Å². The summed E-state index contributed by atoms with van der Waals surface area (Å²) in [5, 5.41) is 3.08. The van der Waals surface area contributed by atoms with Crippen LogP contribution < -0.4 is 15.8 Å². The maximum absolute atomic E-state index is 12.4. The average Bonchev–Trinajstić information content (AvgIpc) is 3.36. The maximum Gasteiger partial charge on any atom is 0.223 e. The van der Waals surface area contributed by atoms with Crippen molar-refractivity contribution < 1.29 is 9.53 Å². The van der Waals surface area contributed by atoms with Gasteiger partial charge in [-0.1, -0.05) is 18.6 Å². The second-order valence-electron chi connectivity index (χ2n) is 7.21. The Labute approximate surface area is 150 Å². The Kier molecular flexibility index (Phi) is 6.93. The highest BCUT2D eigenvalue weighted by Crippen LogP contribution is 2.31. The topological polar surface area (TPSA) is 64.4 Å². The van der Waals surface area contributed by atoms with Crippen molar-refractivity contribution in [2.45, 2.75) is 58.0 Å². The molecule has 3 rings (SSSR count). The summed E-state index contributed by atoms with van der Waals surface area (Å²) in [6, 6.07) is 6.38. The highest BCUT2D eigenvalue weighted by molar-refractivity contribution is 5.85. The Bertz CT molecular complexity index is 560. The molecule has 0 aromatic heterocycles. The third-order valence-electron chi connectivity index (χ3n) is 4.93. The van der Waals surface area contributed by atoms with Crippen molar-refractivity contribution in [3.05, 3.63) is 29.3 Å². The Morgan fingerprint density at radius 2 is 2.08 bits per heavy atom. The fraction of sp³-hybridized carbons (Fsp3) is 0.632. The van der Waals surface area contributed by atoms with Gasteiger partial charge in [-0.25, -0.2) is 0 Å². The Morgan fingerprint density at radius 3 is 2.79 bits per heavy atom. The van der Waals surface area contributed by atoms with E-state index in [1.54, 1.807) is 0 Å². The number of benzene rings is 1. The van der Waals surface area contributed by atoms with E-state index in [9.17, 15) is 4.79 Å². The van der Waals surface area contributed by atoms with Crippen LogP contribution in [0.1, 0.15) is 49.7 Å². The molecule has 2 atom stereocenters. The van der Waals surface area contributed by atoms with Crippen LogP contribution in [-0.2, 0) is 11.3 Å². The van der Waals surface area contributed by atoms with E-state index in [2.05, 4.69) is 30.4 Å². The van der Waals surface area contributed by atoms with E-state index in [0.29, 0.717) is 6.54 Å². The van der Waals surface area contributed by atoms with E-state index >= 15 is 0 Å². The summed E-state index contributed by atoms with van der Waals surface area (Å²) in [5.74, 6) is 1.84. The lowest BCUT2D eigenvalue weighted by molar-refractivity contribution is -0.126. The lowest BCUT2D eigenvalue weighted by Gasteiger charge is -2.25. The monoisotopic (exact) mass is 352 g/mol. The number of halogens is 1. The van der Waals surface area contributed by atoms with Crippen LogP contribution in [0, 0.1) is 18.8 Å². The minimum Gasteiger partial charge on any atom is -0.493 e. The third kappa shape index (κ3) is 5.38. The maximum atomic E-state index is 12.4. The molecule has 0 spiro atoms. The Morgan fingerprint density at radius 1 is 1.29 bits per heavy atom. The minimum atomic E-state index is 0. The minimum absolute atomic E-state index is 0. The van der Waals surface area contributed by atoms with Crippen molar-refractivity contribution >= 4 is 18.3 Å². The van der Waals surface area contributed by atoms with Crippen LogP contribution in [0.25, 0.3) is 0 Å². The molecule has 1 amide bonds. The van der Waals surface area contributed by atoms with Crippen LogP contribution in [0.4, 0.5) is 0 Å².